The third-order valence-electron chi connectivity index (χ3n) is 4.37. The zero-order chi connectivity index (χ0) is 17.3. The molecule has 0 spiro atoms. The van der Waals surface area contributed by atoms with Crippen molar-refractivity contribution in [3.05, 3.63) is 41.5 Å². The highest BCUT2D eigenvalue weighted by molar-refractivity contribution is 7.84. The van der Waals surface area contributed by atoms with Gasteiger partial charge < -0.3 is 4.90 Å². The van der Waals surface area contributed by atoms with E-state index in [-0.39, 0.29) is 11.9 Å². The Kier molecular flexibility index (Phi) is 4.80. The van der Waals surface area contributed by atoms with E-state index in [1.54, 1.807) is 30.5 Å². The van der Waals surface area contributed by atoms with E-state index in [9.17, 15) is 9.00 Å². The molecule has 128 valence electrons. The first-order chi connectivity index (χ1) is 11.5. The van der Waals surface area contributed by atoms with Gasteiger partial charge in [-0.1, -0.05) is 0 Å². The first kappa shape index (κ1) is 16.8. The quantitative estimate of drug-likeness (QED) is 0.854. The maximum Gasteiger partial charge on any atom is 0.253 e. The molecule has 1 aliphatic heterocycles. The van der Waals surface area contributed by atoms with Crippen molar-refractivity contribution >= 4 is 16.7 Å². The largest absolute Gasteiger partial charge is 0.337 e. The number of benzene rings is 1. The summed E-state index contributed by atoms with van der Waals surface area (Å²) in [6.07, 6.45) is 3.58. The minimum Gasteiger partial charge on any atom is -0.337 e. The van der Waals surface area contributed by atoms with Crippen LogP contribution < -0.4 is 0 Å². The average Bonchev–Trinajstić information content (AvgIpc) is 2.93. The maximum atomic E-state index is 12.8. The molecule has 0 bridgehead atoms. The average molecular weight is 346 g/mol. The molecule has 1 aliphatic rings. The summed E-state index contributed by atoms with van der Waals surface area (Å²) in [4.78, 5) is 19.7. The van der Waals surface area contributed by atoms with Crippen molar-refractivity contribution in [2.45, 2.75) is 37.6 Å². The topological polar surface area (TPSA) is 68.1 Å². The second-order valence-electron chi connectivity index (χ2n) is 6.18. The van der Waals surface area contributed by atoms with Crippen LogP contribution in [0.1, 0.15) is 40.9 Å². The molecule has 1 fully saturated rings. The summed E-state index contributed by atoms with van der Waals surface area (Å²) in [5, 5.41) is 4.47. The molecule has 2 atom stereocenters. The molecular weight excluding hydrogens is 324 g/mol. The standard InChI is InChI=1S/C17H22N4O2S/c1-12-18-13(2)21(19-12)15-5-4-10-20(11-15)17(22)14-6-8-16(9-7-14)24(3)23/h6-9,15H,4-5,10-11H2,1-3H3/t15-,24+/m1/s1. The Bertz CT molecular complexity index is 769. The number of nitrogens with zero attached hydrogens (tertiary/aromatic N) is 4. The zero-order valence-corrected chi connectivity index (χ0v) is 15.0. The number of aryl methyl sites for hydroxylation is 2. The SMILES string of the molecule is Cc1nc(C)n([C@@H]2CCCN(C(=O)c3ccc([S@](C)=O)cc3)C2)n1. The fourth-order valence-corrected chi connectivity index (χ4v) is 3.71. The highest BCUT2D eigenvalue weighted by Gasteiger charge is 2.27. The van der Waals surface area contributed by atoms with Gasteiger partial charge in [-0.2, -0.15) is 5.10 Å². The second kappa shape index (κ2) is 6.84. The molecule has 0 N–H and O–H groups in total. The van der Waals surface area contributed by atoms with Gasteiger partial charge in [0.05, 0.1) is 6.04 Å². The smallest absolute Gasteiger partial charge is 0.253 e. The van der Waals surface area contributed by atoms with Crippen molar-refractivity contribution < 1.29 is 9.00 Å². The van der Waals surface area contributed by atoms with E-state index in [1.807, 2.05) is 23.4 Å². The van der Waals surface area contributed by atoms with Gasteiger partial charge in [0, 0.05) is 40.6 Å². The van der Waals surface area contributed by atoms with E-state index in [1.165, 1.54) is 0 Å². The summed E-state index contributed by atoms with van der Waals surface area (Å²) in [5.74, 6) is 1.67. The fraction of sp³-hybridized carbons (Fsp3) is 0.471. The van der Waals surface area contributed by atoms with Crippen LogP contribution in [0.25, 0.3) is 0 Å². The van der Waals surface area contributed by atoms with Gasteiger partial charge in [0.1, 0.15) is 11.6 Å². The van der Waals surface area contributed by atoms with Crippen LogP contribution in [0.3, 0.4) is 0 Å². The van der Waals surface area contributed by atoms with E-state index < -0.39 is 10.8 Å². The second-order valence-corrected chi connectivity index (χ2v) is 7.56. The number of hydrogen-bond donors (Lipinski definition) is 0. The molecule has 1 aromatic carbocycles. The van der Waals surface area contributed by atoms with Crippen LogP contribution in [0.4, 0.5) is 0 Å². The third-order valence-corrected chi connectivity index (χ3v) is 5.31. The predicted octanol–water partition coefficient (Wildman–Crippen LogP) is 2.11. The number of likely N-dealkylation sites (tertiary alicyclic amines) is 1. The lowest BCUT2D eigenvalue weighted by atomic mass is 10.0. The van der Waals surface area contributed by atoms with Gasteiger partial charge in [0.25, 0.3) is 5.91 Å². The van der Waals surface area contributed by atoms with Crippen LogP contribution in [0, 0.1) is 13.8 Å². The van der Waals surface area contributed by atoms with Gasteiger partial charge in [-0.15, -0.1) is 0 Å². The van der Waals surface area contributed by atoms with Crippen molar-refractivity contribution in [1.82, 2.24) is 19.7 Å². The maximum absolute atomic E-state index is 12.8. The summed E-state index contributed by atoms with van der Waals surface area (Å²) < 4.78 is 13.4. The first-order valence-electron chi connectivity index (χ1n) is 8.08. The number of piperidine rings is 1. The molecule has 2 heterocycles. The molecule has 6 nitrogen and oxygen atoms in total. The Balaban J connectivity index is 1.75. The molecule has 24 heavy (non-hydrogen) atoms. The third kappa shape index (κ3) is 3.40. The minimum absolute atomic E-state index is 0.0163. The number of hydrogen-bond acceptors (Lipinski definition) is 4. The fourth-order valence-electron chi connectivity index (χ4n) is 3.19. The molecule has 1 aromatic heterocycles. The molecule has 0 saturated carbocycles. The zero-order valence-electron chi connectivity index (χ0n) is 14.2. The van der Waals surface area contributed by atoms with E-state index >= 15 is 0 Å². The van der Waals surface area contributed by atoms with Gasteiger partial charge >= 0.3 is 0 Å². The van der Waals surface area contributed by atoms with E-state index in [0.717, 1.165) is 35.9 Å². The van der Waals surface area contributed by atoms with Crippen LogP contribution in [0.5, 0.6) is 0 Å². The number of rotatable bonds is 3. The van der Waals surface area contributed by atoms with Gasteiger partial charge in [-0.05, 0) is 51.0 Å². The van der Waals surface area contributed by atoms with Gasteiger partial charge in [0.15, 0.2) is 0 Å². The van der Waals surface area contributed by atoms with Crippen LogP contribution in [-0.4, -0.2) is 49.1 Å². The first-order valence-corrected chi connectivity index (χ1v) is 9.64. The van der Waals surface area contributed by atoms with Crippen molar-refractivity contribution in [2.24, 2.45) is 0 Å². The van der Waals surface area contributed by atoms with Crippen molar-refractivity contribution in [3.63, 3.8) is 0 Å². The van der Waals surface area contributed by atoms with Crippen LogP contribution in [0.15, 0.2) is 29.2 Å². The molecule has 0 radical (unpaired) electrons. The van der Waals surface area contributed by atoms with Gasteiger partial charge in [0.2, 0.25) is 0 Å². The number of amides is 1. The minimum atomic E-state index is -1.03. The summed E-state index contributed by atoms with van der Waals surface area (Å²) >= 11 is 0. The lowest BCUT2D eigenvalue weighted by molar-refractivity contribution is 0.0671. The molecule has 0 unspecified atom stereocenters. The molecular formula is C17H22N4O2S. The number of carbonyl (C=O) groups is 1. The van der Waals surface area contributed by atoms with E-state index in [0.29, 0.717) is 12.1 Å². The lowest BCUT2D eigenvalue weighted by Crippen LogP contribution is -2.41. The van der Waals surface area contributed by atoms with Crippen molar-refractivity contribution in [2.75, 3.05) is 19.3 Å². The van der Waals surface area contributed by atoms with E-state index in [2.05, 4.69) is 10.1 Å². The van der Waals surface area contributed by atoms with E-state index in [4.69, 9.17) is 0 Å². The highest BCUT2D eigenvalue weighted by atomic mass is 32.2. The Morgan fingerprint density at radius 3 is 2.54 bits per heavy atom. The summed E-state index contributed by atoms with van der Waals surface area (Å²) in [6.45, 7) is 5.23. The Hall–Kier alpha value is -2.02. The molecule has 7 heteroatoms. The van der Waals surface area contributed by atoms with Gasteiger partial charge in [-0.3, -0.25) is 9.00 Å². The van der Waals surface area contributed by atoms with Crippen molar-refractivity contribution in [1.29, 1.82) is 0 Å². The number of aromatic nitrogens is 3. The molecule has 2 aromatic rings. The normalized spacial score (nSPS) is 19.3. The van der Waals surface area contributed by atoms with Crippen LogP contribution >= 0.6 is 0 Å². The predicted molar refractivity (Wildman–Crippen MR) is 92.4 cm³/mol. The molecule has 3 rings (SSSR count). The summed E-state index contributed by atoms with van der Waals surface area (Å²) in [6, 6.07) is 7.21. The van der Waals surface area contributed by atoms with Crippen molar-refractivity contribution in [3.8, 4) is 0 Å². The Morgan fingerprint density at radius 1 is 1.25 bits per heavy atom. The number of carbonyl (C=O) groups excluding carboxylic acids is 1. The highest BCUT2D eigenvalue weighted by Crippen LogP contribution is 2.23. The summed E-state index contributed by atoms with van der Waals surface area (Å²) in [5.41, 5.74) is 0.636. The Labute approximate surface area is 144 Å². The van der Waals surface area contributed by atoms with Gasteiger partial charge in [-0.25, -0.2) is 9.67 Å². The molecule has 0 aliphatic carbocycles. The lowest BCUT2D eigenvalue weighted by Gasteiger charge is -2.33. The monoisotopic (exact) mass is 346 g/mol. The van der Waals surface area contributed by atoms with Crippen LogP contribution in [-0.2, 0) is 10.8 Å². The summed E-state index contributed by atoms with van der Waals surface area (Å²) in [7, 11) is -1.03. The molecule has 1 amide bonds. The Morgan fingerprint density at radius 2 is 1.96 bits per heavy atom. The molecule has 1 saturated heterocycles. The van der Waals surface area contributed by atoms with Crippen LogP contribution in [0.2, 0.25) is 0 Å².